The molecule has 1 heterocycles. The number of nitrogens with two attached hydrogens (primary N) is 2. The molecule has 4 N–H and O–H groups in total. The molecule has 0 spiro atoms. The summed E-state index contributed by atoms with van der Waals surface area (Å²) in [5.74, 6) is -2.41. The number of carbonyl (C=O) groups excluding carboxylic acids is 2. The molecule has 34 heavy (non-hydrogen) atoms. The Morgan fingerprint density at radius 3 is 2.24 bits per heavy atom. The number of halogens is 3. The zero-order valence-electron chi connectivity index (χ0n) is 18.2. The summed E-state index contributed by atoms with van der Waals surface area (Å²) in [6, 6.07) is 8.87. The number of benzene rings is 2. The number of rotatable bonds is 4. The van der Waals surface area contributed by atoms with Crippen molar-refractivity contribution >= 4 is 27.6 Å². The van der Waals surface area contributed by atoms with Crippen LogP contribution in [0.2, 0.25) is 0 Å². The van der Waals surface area contributed by atoms with E-state index in [9.17, 15) is 31.2 Å². The molecule has 0 radical (unpaired) electrons. The van der Waals surface area contributed by atoms with Crippen molar-refractivity contribution in [2.75, 3.05) is 19.3 Å². The van der Waals surface area contributed by atoms with Crippen molar-refractivity contribution in [1.82, 2.24) is 4.90 Å². The summed E-state index contributed by atoms with van der Waals surface area (Å²) in [6.45, 7) is 0.386. The Bertz CT molecular complexity index is 1250. The first-order chi connectivity index (χ1) is 15.8. The van der Waals surface area contributed by atoms with E-state index in [1.54, 1.807) is 0 Å². The van der Waals surface area contributed by atoms with Gasteiger partial charge in [-0.2, -0.15) is 18.2 Å². The van der Waals surface area contributed by atoms with Crippen molar-refractivity contribution < 1.29 is 31.2 Å². The predicted octanol–water partition coefficient (Wildman–Crippen LogP) is 2.54. The SMILES string of the molecule is CS(=O)(=O)c1cccc(C(=O)N2CCC(c3ccc(C(=O)N=C(N)N)cc3C(F)(F)F)CC2)c1. The van der Waals surface area contributed by atoms with Gasteiger partial charge in [0.15, 0.2) is 15.8 Å². The summed E-state index contributed by atoms with van der Waals surface area (Å²) in [7, 11) is -3.49. The van der Waals surface area contributed by atoms with Crippen LogP contribution in [-0.2, 0) is 16.0 Å². The van der Waals surface area contributed by atoms with E-state index in [1.807, 2.05) is 0 Å². The minimum Gasteiger partial charge on any atom is -0.370 e. The van der Waals surface area contributed by atoms with Gasteiger partial charge in [0.1, 0.15) is 0 Å². The van der Waals surface area contributed by atoms with Crippen LogP contribution in [0.15, 0.2) is 52.4 Å². The fourth-order valence-corrected chi connectivity index (χ4v) is 4.58. The third kappa shape index (κ3) is 5.74. The van der Waals surface area contributed by atoms with E-state index in [0.29, 0.717) is 0 Å². The zero-order chi connectivity index (χ0) is 25.3. The molecular weight excluding hydrogens is 473 g/mol. The Kier molecular flexibility index (Phi) is 7.01. The molecule has 1 saturated heterocycles. The molecule has 3 rings (SSSR count). The number of likely N-dealkylation sites (tertiary alicyclic amines) is 1. The highest BCUT2D eigenvalue weighted by molar-refractivity contribution is 7.90. The van der Waals surface area contributed by atoms with Gasteiger partial charge >= 0.3 is 6.18 Å². The van der Waals surface area contributed by atoms with Crippen LogP contribution in [0, 0.1) is 0 Å². The molecule has 2 amide bonds. The van der Waals surface area contributed by atoms with Gasteiger partial charge in [0.05, 0.1) is 10.5 Å². The molecule has 1 aliphatic rings. The van der Waals surface area contributed by atoms with Crippen molar-refractivity contribution in [2.45, 2.75) is 29.8 Å². The molecule has 0 atom stereocenters. The molecule has 0 bridgehead atoms. The largest absolute Gasteiger partial charge is 0.416 e. The van der Waals surface area contributed by atoms with Crippen LogP contribution in [0.4, 0.5) is 13.2 Å². The molecule has 8 nitrogen and oxygen atoms in total. The summed E-state index contributed by atoms with van der Waals surface area (Å²) < 4.78 is 64.8. The minimum absolute atomic E-state index is 0.0124. The molecular formula is C22H23F3N4O4S. The molecule has 0 aliphatic carbocycles. The second-order valence-corrected chi connectivity index (χ2v) is 10.0. The van der Waals surface area contributed by atoms with Crippen molar-refractivity contribution in [1.29, 1.82) is 0 Å². The second-order valence-electron chi connectivity index (χ2n) is 8.01. The highest BCUT2D eigenvalue weighted by Crippen LogP contribution is 2.39. The van der Waals surface area contributed by atoms with Crippen LogP contribution in [0.5, 0.6) is 0 Å². The quantitative estimate of drug-likeness (QED) is 0.493. The number of nitrogens with zero attached hydrogens (tertiary/aromatic N) is 2. The summed E-state index contributed by atoms with van der Waals surface area (Å²) >= 11 is 0. The lowest BCUT2D eigenvalue weighted by Gasteiger charge is -2.33. The fraction of sp³-hybridized carbons (Fsp3) is 0.318. The number of carbonyl (C=O) groups is 2. The summed E-state index contributed by atoms with van der Waals surface area (Å²) in [4.78, 5) is 29.6. The average molecular weight is 497 g/mol. The number of alkyl halides is 3. The number of amides is 2. The van der Waals surface area contributed by atoms with Gasteiger partial charge in [-0.25, -0.2) is 8.42 Å². The van der Waals surface area contributed by atoms with Crippen LogP contribution >= 0.6 is 0 Å². The smallest absolute Gasteiger partial charge is 0.370 e. The van der Waals surface area contributed by atoms with E-state index in [2.05, 4.69) is 4.99 Å². The number of aliphatic imine (C=N–C) groups is 1. The van der Waals surface area contributed by atoms with Gasteiger partial charge < -0.3 is 16.4 Å². The Hall–Kier alpha value is -3.41. The van der Waals surface area contributed by atoms with Crippen LogP contribution in [-0.4, -0.2) is 50.4 Å². The molecule has 0 unspecified atom stereocenters. The van der Waals surface area contributed by atoms with Crippen molar-refractivity contribution in [3.05, 3.63) is 64.7 Å². The highest BCUT2D eigenvalue weighted by atomic mass is 32.2. The zero-order valence-corrected chi connectivity index (χ0v) is 19.0. The van der Waals surface area contributed by atoms with Crippen molar-refractivity contribution in [3.8, 4) is 0 Å². The molecule has 2 aromatic rings. The normalized spacial score (nSPS) is 15.1. The third-order valence-corrected chi connectivity index (χ3v) is 6.68. The topological polar surface area (TPSA) is 136 Å². The van der Waals surface area contributed by atoms with E-state index in [1.165, 1.54) is 41.3 Å². The van der Waals surface area contributed by atoms with Crippen LogP contribution in [0.1, 0.15) is 50.6 Å². The summed E-state index contributed by atoms with van der Waals surface area (Å²) in [6.07, 6.45) is -3.14. The number of hydrogen-bond donors (Lipinski definition) is 2. The molecule has 2 aromatic carbocycles. The van der Waals surface area contributed by atoms with Gasteiger partial charge in [-0.05, 0) is 54.7 Å². The molecule has 1 fully saturated rings. The Morgan fingerprint density at radius 2 is 1.68 bits per heavy atom. The summed E-state index contributed by atoms with van der Waals surface area (Å²) in [5, 5.41) is 0. The van der Waals surface area contributed by atoms with Crippen LogP contribution in [0.25, 0.3) is 0 Å². The third-order valence-electron chi connectivity index (χ3n) is 5.57. The fourth-order valence-electron chi connectivity index (χ4n) is 3.91. The standard InChI is InChI=1S/C22H23F3N4O4S/c1-34(32,33)16-4-2-3-15(11-16)20(31)29-9-7-13(8-10-29)17-6-5-14(19(30)28-21(26)27)12-18(17)22(23,24)25/h2-6,11-13H,7-10H2,1H3,(H4,26,27,28,30). The van der Waals surface area contributed by atoms with Gasteiger partial charge in [-0.15, -0.1) is 0 Å². The average Bonchev–Trinajstić information content (AvgIpc) is 2.77. The van der Waals surface area contributed by atoms with E-state index in [-0.39, 0.29) is 47.5 Å². The highest BCUT2D eigenvalue weighted by Gasteiger charge is 2.37. The van der Waals surface area contributed by atoms with E-state index in [4.69, 9.17) is 11.5 Å². The molecule has 12 heteroatoms. The monoisotopic (exact) mass is 496 g/mol. The van der Waals surface area contributed by atoms with Crippen molar-refractivity contribution in [2.24, 2.45) is 16.5 Å². The maximum Gasteiger partial charge on any atom is 0.416 e. The van der Waals surface area contributed by atoms with E-state index >= 15 is 0 Å². The maximum absolute atomic E-state index is 13.8. The number of piperidine rings is 1. The maximum atomic E-state index is 13.8. The summed E-state index contributed by atoms with van der Waals surface area (Å²) in [5.41, 5.74) is 9.25. The predicted molar refractivity (Wildman–Crippen MR) is 119 cm³/mol. The van der Waals surface area contributed by atoms with Crippen LogP contribution in [0.3, 0.4) is 0 Å². The number of hydrogen-bond acceptors (Lipinski definition) is 4. The van der Waals surface area contributed by atoms with Crippen LogP contribution < -0.4 is 11.5 Å². The number of guanidine groups is 1. The molecule has 0 saturated carbocycles. The minimum atomic E-state index is -4.71. The Morgan fingerprint density at radius 1 is 1.03 bits per heavy atom. The van der Waals surface area contributed by atoms with Crippen molar-refractivity contribution in [3.63, 3.8) is 0 Å². The van der Waals surface area contributed by atoms with Gasteiger partial charge in [0, 0.05) is 30.5 Å². The van der Waals surface area contributed by atoms with E-state index in [0.717, 1.165) is 12.3 Å². The molecule has 182 valence electrons. The van der Waals surface area contributed by atoms with E-state index < -0.39 is 45.3 Å². The first-order valence-corrected chi connectivity index (χ1v) is 12.1. The lowest BCUT2D eigenvalue weighted by Crippen LogP contribution is -2.38. The lowest BCUT2D eigenvalue weighted by atomic mass is 9.85. The molecule has 1 aliphatic heterocycles. The lowest BCUT2D eigenvalue weighted by molar-refractivity contribution is -0.138. The van der Waals surface area contributed by atoms with Gasteiger partial charge in [0.25, 0.3) is 11.8 Å². The first-order valence-electron chi connectivity index (χ1n) is 10.2. The Balaban J connectivity index is 1.80. The second kappa shape index (κ2) is 9.45. The molecule has 0 aromatic heterocycles. The Labute approximate surface area is 194 Å². The van der Waals surface area contributed by atoms with Gasteiger partial charge in [-0.1, -0.05) is 12.1 Å². The first kappa shape index (κ1) is 25.2. The van der Waals surface area contributed by atoms with Gasteiger partial charge in [0.2, 0.25) is 0 Å². The van der Waals surface area contributed by atoms with Gasteiger partial charge in [-0.3, -0.25) is 9.59 Å². The number of sulfone groups is 1.